The molecule has 21 heavy (non-hydrogen) atoms. The van der Waals surface area contributed by atoms with Gasteiger partial charge in [0.05, 0.1) is 0 Å². The Bertz CT molecular complexity index is 444. The van der Waals surface area contributed by atoms with Gasteiger partial charge in [0.1, 0.15) is 5.75 Å². The molecule has 0 bridgehead atoms. The van der Waals surface area contributed by atoms with Crippen molar-refractivity contribution in [3.8, 4) is 5.75 Å². The first-order chi connectivity index (χ1) is 9.90. The molecule has 1 aliphatic rings. The number of hydrogen-bond acceptors (Lipinski definition) is 2. The average molecular weight is 301 g/mol. The van der Waals surface area contributed by atoms with Gasteiger partial charge in [0.25, 0.3) is 0 Å². The van der Waals surface area contributed by atoms with Gasteiger partial charge in [-0.2, -0.15) is 13.2 Å². The van der Waals surface area contributed by atoms with E-state index in [0.29, 0.717) is 17.9 Å². The third-order valence-corrected chi connectivity index (χ3v) is 4.14. The monoisotopic (exact) mass is 301 g/mol. The maximum atomic E-state index is 12.1. The summed E-state index contributed by atoms with van der Waals surface area (Å²) in [6.45, 7) is 4.16. The quantitative estimate of drug-likeness (QED) is 0.853. The van der Waals surface area contributed by atoms with Crippen LogP contribution in [0.5, 0.6) is 5.75 Å². The van der Waals surface area contributed by atoms with Crippen molar-refractivity contribution in [2.45, 2.75) is 44.8 Å². The summed E-state index contributed by atoms with van der Waals surface area (Å²) in [6, 6.07) is 7.56. The summed E-state index contributed by atoms with van der Waals surface area (Å²) in [7, 11) is 0. The Morgan fingerprint density at radius 2 is 1.90 bits per heavy atom. The van der Waals surface area contributed by atoms with Gasteiger partial charge >= 0.3 is 6.18 Å². The van der Waals surface area contributed by atoms with E-state index in [1.807, 2.05) is 12.1 Å². The van der Waals surface area contributed by atoms with Gasteiger partial charge in [0.15, 0.2) is 6.61 Å². The minimum absolute atomic E-state index is 0.267. The van der Waals surface area contributed by atoms with E-state index in [2.05, 4.69) is 19.2 Å². The summed E-state index contributed by atoms with van der Waals surface area (Å²) >= 11 is 0. The lowest BCUT2D eigenvalue weighted by molar-refractivity contribution is -0.153. The highest BCUT2D eigenvalue weighted by Crippen LogP contribution is 2.42. The van der Waals surface area contributed by atoms with Crippen LogP contribution in [0.2, 0.25) is 0 Å². The number of nitrogens with one attached hydrogen (secondary N) is 1. The molecule has 2 rings (SSSR count). The lowest BCUT2D eigenvalue weighted by Gasteiger charge is -2.44. The number of halogens is 3. The number of benzene rings is 1. The van der Waals surface area contributed by atoms with Crippen molar-refractivity contribution < 1.29 is 17.9 Å². The molecule has 118 valence electrons. The first-order valence-electron chi connectivity index (χ1n) is 7.43. The smallest absolute Gasteiger partial charge is 0.422 e. The van der Waals surface area contributed by atoms with E-state index in [1.54, 1.807) is 12.1 Å². The molecule has 1 aromatic rings. The van der Waals surface area contributed by atoms with Crippen LogP contribution >= 0.6 is 0 Å². The van der Waals surface area contributed by atoms with Crippen molar-refractivity contribution in [1.82, 2.24) is 5.32 Å². The molecule has 0 amide bonds. The first-order valence-corrected chi connectivity index (χ1v) is 7.43. The van der Waals surface area contributed by atoms with Crippen LogP contribution in [0.4, 0.5) is 13.2 Å². The molecule has 2 nitrogen and oxygen atoms in total. The summed E-state index contributed by atoms with van der Waals surface area (Å²) in [5.74, 6) is 1.30. The molecule has 0 heterocycles. The van der Waals surface area contributed by atoms with Crippen LogP contribution in [0, 0.1) is 5.92 Å². The molecule has 0 aromatic heterocycles. The number of ether oxygens (including phenoxy) is 1. The van der Waals surface area contributed by atoms with Crippen LogP contribution in [-0.4, -0.2) is 25.4 Å². The highest BCUT2D eigenvalue weighted by Gasteiger charge is 2.37. The van der Waals surface area contributed by atoms with Gasteiger partial charge in [-0.3, -0.25) is 0 Å². The average Bonchev–Trinajstić information content (AvgIpc) is 2.44. The molecule has 3 atom stereocenters. The van der Waals surface area contributed by atoms with Gasteiger partial charge in [0, 0.05) is 6.04 Å². The van der Waals surface area contributed by atoms with Crippen LogP contribution in [0.3, 0.4) is 0 Å². The van der Waals surface area contributed by atoms with Gasteiger partial charge < -0.3 is 10.1 Å². The number of hydrogen-bond donors (Lipinski definition) is 1. The van der Waals surface area contributed by atoms with E-state index >= 15 is 0 Å². The van der Waals surface area contributed by atoms with E-state index in [9.17, 15) is 13.2 Å². The molecular formula is C16H22F3NO. The fourth-order valence-corrected chi connectivity index (χ4v) is 2.80. The summed E-state index contributed by atoms with van der Waals surface area (Å²) in [5.41, 5.74) is 1.18. The molecule has 1 aromatic carbocycles. The maximum absolute atomic E-state index is 12.1. The van der Waals surface area contributed by atoms with Gasteiger partial charge in [-0.05, 0) is 48.9 Å². The third-order valence-electron chi connectivity index (χ3n) is 4.14. The fourth-order valence-electron chi connectivity index (χ4n) is 2.80. The summed E-state index contributed by atoms with van der Waals surface area (Å²) in [4.78, 5) is 0. The number of alkyl halides is 3. The molecule has 1 saturated carbocycles. The second kappa shape index (κ2) is 6.69. The van der Waals surface area contributed by atoms with E-state index in [-0.39, 0.29) is 5.75 Å². The Labute approximate surface area is 123 Å². The van der Waals surface area contributed by atoms with Crippen molar-refractivity contribution in [2.75, 3.05) is 13.2 Å². The second-order valence-corrected chi connectivity index (χ2v) is 5.73. The van der Waals surface area contributed by atoms with Crippen molar-refractivity contribution in [2.24, 2.45) is 5.92 Å². The fraction of sp³-hybridized carbons (Fsp3) is 0.625. The van der Waals surface area contributed by atoms with Crippen LogP contribution in [-0.2, 0) is 0 Å². The van der Waals surface area contributed by atoms with E-state index in [4.69, 9.17) is 4.74 Å². The number of rotatable bonds is 6. The molecular weight excluding hydrogens is 279 g/mol. The largest absolute Gasteiger partial charge is 0.484 e. The molecule has 3 unspecified atom stereocenters. The van der Waals surface area contributed by atoms with Crippen molar-refractivity contribution in [1.29, 1.82) is 0 Å². The van der Waals surface area contributed by atoms with Gasteiger partial charge in [0.2, 0.25) is 0 Å². The molecule has 0 aliphatic heterocycles. The molecule has 1 N–H and O–H groups in total. The van der Waals surface area contributed by atoms with Crippen molar-refractivity contribution >= 4 is 0 Å². The van der Waals surface area contributed by atoms with Crippen LogP contribution in [0.15, 0.2) is 24.3 Å². The lowest BCUT2D eigenvalue weighted by atomic mass is 9.67. The summed E-state index contributed by atoms with van der Waals surface area (Å²) in [6.07, 6.45) is -2.08. The molecule has 0 spiro atoms. The maximum Gasteiger partial charge on any atom is 0.422 e. The van der Waals surface area contributed by atoms with Gasteiger partial charge in [-0.1, -0.05) is 26.0 Å². The van der Waals surface area contributed by atoms with Crippen LogP contribution in [0.25, 0.3) is 0 Å². The SMILES string of the molecule is CCCNC1CC(c2ccc(OCC(F)(F)F)cc2)C1C. The predicted octanol–water partition coefficient (Wildman–Crippen LogP) is 4.12. The highest BCUT2D eigenvalue weighted by molar-refractivity contribution is 5.31. The Morgan fingerprint density at radius 3 is 2.43 bits per heavy atom. The summed E-state index contributed by atoms with van der Waals surface area (Å²) in [5, 5.41) is 3.52. The molecule has 1 fully saturated rings. The molecule has 0 radical (unpaired) electrons. The standard InChI is InChI=1S/C16H22F3NO/c1-3-8-20-15-9-14(11(15)2)12-4-6-13(7-5-12)21-10-16(17,18)19/h4-7,11,14-15,20H,3,8-10H2,1-2H3. The minimum Gasteiger partial charge on any atom is -0.484 e. The first kappa shape index (κ1) is 16.1. The molecule has 0 saturated heterocycles. The van der Waals surface area contributed by atoms with Gasteiger partial charge in [-0.25, -0.2) is 0 Å². The minimum atomic E-state index is -4.29. The van der Waals surface area contributed by atoms with Crippen molar-refractivity contribution in [3.05, 3.63) is 29.8 Å². The topological polar surface area (TPSA) is 21.3 Å². The van der Waals surface area contributed by atoms with Crippen LogP contribution in [0.1, 0.15) is 38.2 Å². The van der Waals surface area contributed by atoms with Crippen molar-refractivity contribution in [3.63, 3.8) is 0 Å². The normalized spacial score (nSPS) is 25.5. The lowest BCUT2D eigenvalue weighted by Crippen LogP contribution is -2.48. The van der Waals surface area contributed by atoms with E-state index in [1.165, 1.54) is 5.56 Å². The zero-order valence-electron chi connectivity index (χ0n) is 12.4. The van der Waals surface area contributed by atoms with Crippen LogP contribution < -0.4 is 10.1 Å². The molecule has 1 aliphatic carbocycles. The van der Waals surface area contributed by atoms with Gasteiger partial charge in [-0.15, -0.1) is 0 Å². The Morgan fingerprint density at radius 1 is 1.24 bits per heavy atom. The highest BCUT2D eigenvalue weighted by atomic mass is 19.4. The Kier molecular flexibility index (Phi) is 5.14. The zero-order chi connectivity index (χ0) is 15.5. The summed E-state index contributed by atoms with van der Waals surface area (Å²) < 4.78 is 41.0. The Hall–Kier alpha value is -1.23. The molecule has 5 heteroatoms. The third kappa shape index (κ3) is 4.37. The van der Waals surface area contributed by atoms with E-state index in [0.717, 1.165) is 19.4 Å². The second-order valence-electron chi connectivity index (χ2n) is 5.73. The Balaban J connectivity index is 1.86. The zero-order valence-corrected chi connectivity index (χ0v) is 12.4. The van der Waals surface area contributed by atoms with E-state index < -0.39 is 12.8 Å². The predicted molar refractivity (Wildman–Crippen MR) is 76.6 cm³/mol.